The van der Waals surface area contributed by atoms with Crippen LogP contribution in [0.25, 0.3) is 0 Å². The monoisotopic (exact) mass is 266 g/mol. The molecule has 106 valence electrons. The number of aryl methyl sites for hydroxylation is 1. The van der Waals surface area contributed by atoms with Gasteiger partial charge in [-0.2, -0.15) is 0 Å². The predicted octanol–water partition coefficient (Wildman–Crippen LogP) is 1.95. The molecule has 0 bridgehead atoms. The number of methoxy groups -OCH3 is 2. The molecular formula is C14H22N2O3. The molecule has 5 nitrogen and oxygen atoms in total. The molecule has 0 aromatic heterocycles. The smallest absolute Gasteiger partial charge is 0.244 e. The Morgan fingerprint density at radius 2 is 1.68 bits per heavy atom. The van der Waals surface area contributed by atoms with Crippen LogP contribution in [0.4, 0.5) is 5.69 Å². The number of ether oxygens (including phenoxy) is 2. The number of nitrogens with one attached hydrogen (secondary N) is 2. The maximum atomic E-state index is 12.1. The van der Waals surface area contributed by atoms with Gasteiger partial charge >= 0.3 is 0 Å². The molecule has 0 aliphatic heterocycles. The highest BCUT2D eigenvalue weighted by Crippen LogP contribution is 2.33. The highest BCUT2D eigenvalue weighted by atomic mass is 16.5. The number of benzene rings is 1. The van der Waals surface area contributed by atoms with Crippen LogP contribution in [0.2, 0.25) is 0 Å². The van der Waals surface area contributed by atoms with E-state index in [4.69, 9.17) is 9.47 Å². The van der Waals surface area contributed by atoms with Crippen LogP contribution >= 0.6 is 0 Å². The van der Waals surface area contributed by atoms with Crippen molar-refractivity contribution in [3.8, 4) is 11.5 Å². The fourth-order valence-corrected chi connectivity index (χ4v) is 1.51. The SMILES string of the molecule is CNC(C)(C)C(=O)Nc1cc(OC)c(OC)cc1C. The molecule has 1 rings (SSSR count). The van der Waals surface area contributed by atoms with Gasteiger partial charge in [0.15, 0.2) is 11.5 Å². The first-order chi connectivity index (χ1) is 8.85. The van der Waals surface area contributed by atoms with Crippen LogP contribution in [-0.4, -0.2) is 32.7 Å². The van der Waals surface area contributed by atoms with Gasteiger partial charge in [-0.05, 0) is 39.4 Å². The van der Waals surface area contributed by atoms with E-state index in [0.29, 0.717) is 17.2 Å². The van der Waals surface area contributed by atoms with Gasteiger partial charge in [0.05, 0.1) is 19.8 Å². The summed E-state index contributed by atoms with van der Waals surface area (Å²) in [6.45, 7) is 5.54. The highest BCUT2D eigenvalue weighted by Gasteiger charge is 2.25. The molecule has 19 heavy (non-hydrogen) atoms. The Morgan fingerprint density at radius 3 is 2.16 bits per heavy atom. The van der Waals surface area contributed by atoms with Crippen molar-refractivity contribution < 1.29 is 14.3 Å². The van der Waals surface area contributed by atoms with E-state index in [-0.39, 0.29) is 5.91 Å². The minimum atomic E-state index is -0.639. The summed E-state index contributed by atoms with van der Waals surface area (Å²) < 4.78 is 10.4. The van der Waals surface area contributed by atoms with Crippen molar-refractivity contribution in [2.75, 3.05) is 26.6 Å². The van der Waals surface area contributed by atoms with Gasteiger partial charge in [-0.15, -0.1) is 0 Å². The molecule has 5 heteroatoms. The van der Waals surface area contributed by atoms with Crippen molar-refractivity contribution in [1.29, 1.82) is 0 Å². The van der Waals surface area contributed by atoms with E-state index in [9.17, 15) is 4.79 Å². The van der Waals surface area contributed by atoms with Gasteiger partial charge < -0.3 is 20.1 Å². The minimum Gasteiger partial charge on any atom is -0.493 e. The van der Waals surface area contributed by atoms with E-state index in [1.54, 1.807) is 27.3 Å². The number of amides is 1. The molecular weight excluding hydrogens is 244 g/mol. The number of anilines is 1. The largest absolute Gasteiger partial charge is 0.493 e. The summed E-state index contributed by atoms with van der Waals surface area (Å²) in [4.78, 5) is 12.1. The summed E-state index contributed by atoms with van der Waals surface area (Å²) in [5.74, 6) is 1.13. The summed E-state index contributed by atoms with van der Waals surface area (Å²) in [6.07, 6.45) is 0. The van der Waals surface area contributed by atoms with E-state index >= 15 is 0 Å². The minimum absolute atomic E-state index is 0.106. The van der Waals surface area contributed by atoms with Crippen LogP contribution in [0.15, 0.2) is 12.1 Å². The van der Waals surface area contributed by atoms with Crippen LogP contribution in [0.5, 0.6) is 11.5 Å². The van der Waals surface area contributed by atoms with Gasteiger partial charge in [0, 0.05) is 11.8 Å². The van der Waals surface area contributed by atoms with Crippen molar-refractivity contribution >= 4 is 11.6 Å². The number of hydrogen-bond donors (Lipinski definition) is 2. The average molecular weight is 266 g/mol. The van der Waals surface area contributed by atoms with Crippen LogP contribution in [0.3, 0.4) is 0 Å². The zero-order valence-electron chi connectivity index (χ0n) is 12.4. The van der Waals surface area contributed by atoms with Crippen LogP contribution in [0.1, 0.15) is 19.4 Å². The Hall–Kier alpha value is -1.75. The van der Waals surface area contributed by atoms with Crippen molar-refractivity contribution in [3.05, 3.63) is 17.7 Å². The third-order valence-corrected chi connectivity index (χ3v) is 3.17. The molecule has 0 saturated carbocycles. The Bertz CT molecular complexity index is 470. The maximum Gasteiger partial charge on any atom is 0.244 e. The predicted molar refractivity (Wildman–Crippen MR) is 76.1 cm³/mol. The Morgan fingerprint density at radius 1 is 1.16 bits per heavy atom. The maximum absolute atomic E-state index is 12.1. The third-order valence-electron chi connectivity index (χ3n) is 3.17. The van der Waals surface area contributed by atoms with Crippen molar-refractivity contribution in [2.45, 2.75) is 26.3 Å². The van der Waals surface area contributed by atoms with Gasteiger partial charge in [-0.1, -0.05) is 0 Å². The van der Waals surface area contributed by atoms with E-state index in [0.717, 1.165) is 5.56 Å². The average Bonchev–Trinajstić information content (AvgIpc) is 2.40. The lowest BCUT2D eigenvalue weighted by Crippen LogP contribution is -2.48. The Kier molecular flexibility index (Phi) is 4.78. The molecule has 0 saturated heterocycles. The second kappa shape index (κ2) is 5.93. The van der Waals surface area contributed by atoms with Crippen molar-refractivity contribution in [1.82, 2.24) is 5.32 Å². The molecule has 0 fully saturated rings. The molecule has 0 aliphatic carbocycles. The third kappa shape index (κ3) is 3.38. The van der Waals surface area contributed by atoms with Crippen LogP contribution < -0.4 is 20.1 Å². The molecule has 1 aromatic rings. The number of carbonyl (C=O) groups is 1. The zero-order chi connectivity index (χ0) is 14.6. The number of hydrogen-bond acceptors (Lipinski definition) is 4. The second-order valence-corrected chi connectivity index (χ2v) is 4.85. The molecule has 0 aliphatic rings. The van der Waals surface area contributed by atoms with Crippen LogP contribution in [0, 0.1) is 6.92 Å². The zero-order valence-corrected chi connectivity index (χ0v) is 12.4. The second-order valence-electron chi connectivity index (χ2n) is 4.85. The topological polar surface area (TPSA) is 59.6 Å². The number of rotatable bonds is 5. The van der Waals surface area contributed by atoms with Gasteiger partial charge in [-0.3, -0.25) is 4.79 Å². The lowest BCUT2D eigenvalue weighted by molar-refractivity contribution is -0.121. The van der Waals surface area contributed by atoms with E-state index < -0.39 is 5.54 Å². The molecule has 1 amide bonds. The van der Waals surface area contributed by atoms with Gasteiger partial charge in [0.1, 0.15) is 0 Å². The summed E-state index contributed by atoms with van der Waals surface area (Å²) in [5.41, 5.74) is 0.989. The first-order valence-corrected chi connectivity index (χ1v) is 6.08. The van der Waals surface area contributed by atoms with Crippen molar-refractivity contribution in [2.24, 2.45) is 0 Å². The molecule has 0 heterocycles. The fourth-order valence-electron chi connectivity index (χ4n) is 1.51. The summed E-state index contributed by atoms with van der Waals surface area (Å²) in [7, 11) is 4.90. The lowest BCUT2D eigenvalue weighted by Gasteiger charge is -2.23. The first kappa shape index (κ1) is 15.3. The van der Waals surface area contributed by atoms with Crippen molar-refractivity contribution in [3.63, 3.8) is 0 Å². The standard InChI is InChI=1S/C14H22N2O3/c1-9-7-11(18-5)12(19-6)8-10(9)16-13(17)14(2,3)15-4/h7-8,15H,1-6H3,(H,16,17). The first-order valence-electron chi connectivity index (χ1n) is 6.08. The lowest BCUT2D eigenvalue weighted by atomic mass is 10.0. The molecule has 2 N–H and O–H groups in total. The number of likely N-dealkylation sites (N-methyl/N-ethyl adjacent to an activating group) is 1. The molecule has 0 radical (unpaired) electrons. The summed E-state index contributed by atoms with van der Waals surface area (Å²) in [6, 6.07) is 3.60. The van der Waals surface area contributed by atoms with E-state index in [1.165, 1.54) is 0 Å². The Balaban J connectivity index is 3.05. The normalized spacial score (nSPS) is 11.1. The van der Waals surface area contributed by atoms with Gasteiger partial charge in [0.2, 0.25) is 5.91 Å². The van der Waals surface area contributed by atoms with E-state index in [1.807, 2.05) is 26.8 Å². The molecule has 0 spiro atoms. The summed E-state index contributed by atoms with van der Waals surface area (Å²) in [5, 5.41) is 5.85. The molecule has 0 atom stereocenters. The highest BCUT2D eigenvalue weighted by molar-refractivity contribution is 5.98. The molecule has 1 aromatic carbocycles. The summed E-state index contributed by atoms with van der Waals surface area (Å²) >= 11 is 0. The van der Waals surface area contributed by atoms with Gasteiger partial charge in [0.25, 0.3) is 0 Å². The quantitative estimate of drug-likeness (QED) is 0.855. The van der Waals surface area contributed by atoms with E-state index in [2.05, 4.69) is 10.6 Å². The Labute approximate surface area is 114 Å². The molecule has 0 unspecified atom stereocenters. The van der Waals surface area contributed by atoms with Gasteiger partial charge in [-0.25, -0.2) is 0 Å². The van der Waals surface area contributed by atoms with Crippen LogP contribution in [-0.2, 0) is 4.79 Å². The fraction of sp³-hybridized carbons (Fsp3) is 0.500. The number of carbonyl (C=O) groups excluding carboxylic acids is 1.